The number of benzene rings is 4. The number of aryl methyl sites for hydroxylation is 1. The van der Waals surface area contributed by atoms with Crippen LogP contribution in [0.4, 0.5) is 5.69 Å². The summed E-state index contributed by atoms with van der Waals surface area (Å²) < 4.78 is 18.5. The molecule has 8 heteroatoms. The molecule has 0 fully saturated rings. The minimum absolute atomic E-state index is 0.120. The highest BCUT2D eigenvalue weighted by Crippen LogP contribution is 2.44. The number of aromatic nitrogens is 2. The number of hydrogen-bond acceptors (Lipinski definition) is 6. The van der Waals surface area contributed by atoms with Gasteiger partial charge < -0.3 is 19.5 Å². The number of carbonyl (C=O) groups excluding carboxylic acids is 2. The first-order valence-corrected chi connectivity index (χ1v) is 13.4. The molecule has 4 aromatic carbocycles. The molecular weight excluding hydrogens is 530 g/mol. The second-order valence-corrected chi connectivity index (χ2v) is 9.72. The molecule has 5 rings (SSSR count). The largest absolute Gasteiger partial charge is 0.497 e. The zero-order valence-corrected chi connectivity index (χ0v) is 23.9. The molecule has 1 amide bonds. The maximum atomic E-state index is 12.7. The van der Waals surface area contributed by atoms with E-state index in [9.17, 15) is 9.59 Å². The second-order valence-electron chi connectivity index (χ2n) is 9.72. The molecule has 1 heterocycles. The maximum Gasteiger partial charge on any atom is 0.309 e. The van der Waals surface area contributed by atoms with E-state index in [-0.39, 0.29) is 18.2 Å². The Morgan fingerprint density at radius 3 is 2.21 bits per heavy atom. The van der Waals surface area contributed by atoms with Gasteiger partial charge in [0.05, 0.1) is 31.9 Å². The van der Waals surface area contributed by atoms with E-state index in [0.717, 1.165) is 22.4 Å². The number of esters is 1. The Morgan fingerprint density at radius 2 is 1.57 bits per heavy atom. The quantitative estimate of drug-likeness (QED) is 0.203. The number of methoxy groups -OCH3 is 2. The van der Waals surface area contributed by atoms with Crippen molar-refractivity contribution in [2.75, 3.05) is 19.5 Å². The van der Waals surface area contributed by atoms with Gasteiger partial charge in [-0.2, -0.15) is 9.78 Å². The van der Waals surface area contributed by atoms with Crippen molar-refractivity contribution in [3.8, 4) is 45.5 Å². The molecule has 0 aliphatic heterocycles. The van der Waals surface area contributed by atoms with E-state index in [4.69, 9.17) is 19.3 Å². The Labute approximate surface area is 244 Å². The lowest BCUT2D eigenvalue weighted by Crippen LogP contribution is -2.14. The first-order valence-electron chi connectivity index (χ1n) is 13.4. The number of ether oxygens (including phenoxy) is 3. The smallest absolute Gasteiger partial charge is 0.309 e. The first kappa shape index (κ1) is 28.2. The highest BCUT2D eigenvalue weighted by Gasteiger charge is 2.26. The van der Waals surface area contributed by atoms with Gasteiger partial charge in [0.15, 0.2) is 0 Å². The fourth-order valence-corrected chi connectivity index (χ4v) is 4.64. The third kappa shape index (κ3) is 6.18. The van der Waals surface area contributed by atoms with Gasteiger partial charge in [0.25, 0.3) is 0 Å². The minimum Gasteiger partial charge on any atom is -0.497 e. The van der Waals surface area contributed by atoms with Crippen molar-refractivity contribution in [3.63, 3.8) is 0 Å². The molecule has 0 atom stereocenters. The molecule has 0 aliphatic rings. The van der Waals surface area contributed by atoms with Crippen LogP contribution in [-0.2, 0) is 16.0 Å². The molecule has 0 saturated carbocycles. The normalized spacial score (nSPS) is 10.7. The molecule has 0 spiro atoms. The Balaban J connectivity index is 1.61. The van der Waals surface area contributed by atoms with E-state index in [1.54, 1.807) is 25.0 Å². The molecule has 5 aromatic rings. The van der Waals surface area contributed by atoms with Crippen LogP contribution < -0.4 is 19.5 Å². The third-order valence-electron chi connectivity index (χ3n) is 6.69. The number of rotatable bonds is 9. The van der Waals surface area contributed by atoms with Gasteiger partial charge in [-0.25, -0.2) is 0 Å². The van der Waals surface area contributed by atoms with Crippen molar-refractivity contribution in [3.05, 3.63) is 108 Å². The molecule has 8 nitrogen and oxygen atoms in total. The molecule has 42 heavy (non-hydrogen) atoms. The topological polar surface area (TPSA) is 91.7 Å². The highest BCUT2D eigenvalue weighted by molar-refractivity contribution is 5.93. The lowest BCUT2D eigenvalue weighted by atomic mass is 10.00. The fourth-order valence-electron chi connectivity index (χ4n) is 4.64. The summed E-state index contributed by atoms with van der Waals surface area (Å²) in [7, 11) is 3.17. The standard InChI is InChI=1S/C34H31N3O5/c1-22-10-16-27(17-11-22)37-34(42-23(2)38)32(33(36-37)29-19-18-28(40-3)21-30(29)41-4)25-12-14-26(15-13-25)35-31(39)20-24-8-6-5-7-9-24/h5-19,21H,20H2,1-4H3,(H,35,39). The van der Waals surface area contributed by atoms with Crippen molar-refractivity contribution in [1.29, 1.82) is 0 Å². The van der Waals surface area contributed by atoms with Gasteiger partial charge in [-0.3, -0.25) is 9.59 Å². The first-order chi connectivity index (χ1) is 20.4. The summed E-state index contributed by atoms with van der Waals surface area (Å²) in [5, 5.41) is 7.89. The maximum absolute atomic E-state index is 12.7. The lowest BCUT2D eigenvalue weighted by Gasteiger charge is -2.12. The van der Waals surface area contributed by atoms with Crippen molar-refractivity contribution in [2.45, 2.75) is 20.3 Å². The van der Waals surface area contributed by atoms with E-state index < -0.39 is 5.97 Å². The van der Waals surface area contributed by atoms with Crippen LogP contribution in [0.1, 0.15) is 18.1 Å². The summed E-state index contributed by atoms with van der Waals surface area (Å²) in [5.41, 5.74) is 5.95. The van der Waals surface area contributed by atoms with Crippen molar-refractivity contribution >= 4 is 17.6 Å². The van der Waals surface area contributed by atoms with Crippen molar-refractivity contribution in [2.24, 2.45) is 0 Å². The lowest BCUT2D eigenvalue weighted by molar-refractivity contribution is -0.132. The van der Waals surface area contributed by atoms with Crippen molar-refractivity contribution in [1.82, 2.24) is 9.78 Å². The van der Waals surface area contributed by atoms with Gasteiger partial charge in [0, 0.05) is 24.2 Å². The predicted molar refractivity (Wildman–Crippen MR) is 162 cm³/mol. The summed E-state index contributed by atoms with van der Waals surface area (Å²) in [4.78, 5) is 25.0. The minimum atomic E-state index is -0.484. The van der Waals surface area contributed by atoms with Crippen LogP contribution in [0.25, 0.3) is 28.1 Å². The van der Waals surface area contributed by atoms with E-state index in [2.05, 4.69) is 5.32 Å². The van der Waals surface area contributed by atoms with E-state index in [0.29, 0.717) is 34.0 Å². The van der Waals surface area contributed by atoms with Crippen LogP contribution in [0.15, 0.2) is 97.1 Å². The predicted octanol–water partition coefficient (Wildman–Crippen LogP) is 6.64. The van der Waals surface area contributed by atoms with E-state index >= 15 is 0 Å². The molecule has 1 N–H and O–H groups in total. The van der Waals surface area contributed by atoms with Crippen LogP contribution in [-0.4, -0.2) is 35.9 Å². The zero-order chi connectivity index (χ0) is 29.6. The van der Waals surface area contributed by atoms with Crippen LogP contribution >= 0.6 is 0 Å². The summed E-state index contributed by atoms with van der Waals surface area (Å²) >= 11 is 0. The molecular formula is C34H31N3O5. The molecule has 0 radical (unpaired) electrons. The third-order valence-corrected chi connectivity index (χ3v) is 6.69. The highest BCUT2D eigenvalue weighted by atomic mass is 16.5. The van der Waals surface area contributed by atoms with E-state index in [1.807, 2.05) is 97.9 Å². The molecule has 212 valence electrons. The van der Waals surface area contributed by atoms with Gasteiger partial charge >= 0.3 is 5.97 Å². The molecule has 0 unspecified atom stereocenters. The molecule has 0 aliphatic carbocycles. The van der Waals surface area contributed by atoms with Gasteiger partial charge in [-0.15, -0.1) is 0 Å². The van der Waals surface area contributed by atoms with Gasteiger partial charge in [-0.1, -0.05) is 60.2 Å². The number of nitrogens with one attached hydrogen (secondary N) is 1. The SMILES string of the molecule is COc1ccc(-c2nn(-c3ccc(C)cc3)c(OC(C)=O)c2-c2ccc(NC(=O)Cc3ccccc3)cc2)c(OC)c1. The van der Waals surface area contributed by atoms with Gasteiger partial charge in [0.2, 0.25) is 11.8 Å². The Morgan fingerprint density at radius 1 is 0.857 bits per heavy atom. The van der Waals surface area contributed by atoms with Crippen LogP contribution in [0.3, 0.4) is 0 Å². The number of anilines is 1. The number of nitrogens with zero attached hydrogens (tertiary/aromatic N) is 2. The average molecular weight is 562 g/mol. The number of hydrogen-bond donors (Lipinski definition) is 1. The summed E-state index contributed by atoms with van der Waals surface area (Å²) in [6.45, 7) is 3.36. The van der Waals surface area contributed by atoms with Gasteiger partial charge in [0.1, 0.15) is 17.2 Å². The number of carbonyl (C=O) groups is 2. The number of amides is 1. The summed E-state index contributed by atoms with van der Waals surface area (Å²) in [5.74, 6) is 0.835. The fraction of sp³-hybridized carbons (Fsp3) is 0.147. The molecule has 0 saturated heterocycles. The van der Waals surface area contributed by atoms with E-state index in [1.165, 1.54) is 6.92 Å². The summed E-state index contributed by atoms with van der Waals surface area (Å²) in [6.07, 6.45) is 0.268. The molecule has 0 bridgehead atoms. The second kappa shape index (κ2) is 12.4. The van der Waals surface area contributed by atoms with Crippen molar-refractivity contribution < 1.29 is 23.8 Å². The Hall–Kier alpha value is -5.37. The van der Waals surface area contributed by atoms with Gasteiger partial charge in [-0.05, 0) is 54.4 Å². The molecule has 1 aromatic heterocycles. The monoisotopic (exact) mass is 561 g/mol. The average Bonchev–Trinajstić information content (AvgIpc) is 3.36. The van der Waals surface area contributed by atoms with Crippen LogP contribution in [0.2, 0.25) is 0 Å². The van der Waals surface area contributed by atoms with Crippen LogP contribution in [0, 0.1) is 6.92 Å². The Kier molecular flexibility index (Phi) is 8.34. The summed E-state index contributed by atoms with van der Waals surface area (Å²) in [6, 6.07) is 30.1. The van der Waals surface area contributed by atoms with Crippen LogP contribution in [0.5, 0.6) is 17.4 Å². The Bertz CT molecular complexity index is 1710. The zero-order valence-electron chi connectivity index (χ0n) is 23.9.